The summed E-state index contributed by atoms with van der Waals surface area (Å²) >= 11 is 0. The third-order valence-corrected chi connectivity index (χ3v) is 5.84. The van der Waals surface area contributed by atoms with Gasteiger partial charge in [0, 0.05) is 32.0 Å². The number of benzene rings is 3. The van der Waals surface area contributed by atoms with Crippen LogP contribution in [0.3, 0.4) is 0 Å². The Morgan fingerprint density at radius 3 is 2.38 bits per heavy atom. The van der Waals surface area contributed by atoms with Crippen molar-refractivity contribution in [2.75, 3.05) is 14.1 Å². The molecular formula is C28H31N3O3. The zero-order chi connectivity index (χ0) is 24.6. The summed E-state index contributed by atoms with van der Waals surface area (Å²) in [6, 6.07) is 20.8. The summed E-state index contributed by atoms with van der Waals surface area (Å²) in [5, 5.41) is 6.02. The SMILES string of the molecule is CN(C)C(=O)c1c(CNC(=O)OC(C)(C)C)n(C)c2cc(-c3cccc4ccccc34)ccc12. The van der Waals surface area contributed by atoms with Crippen LogP contribution in [0.5, 0.6) is 0 Å². The molecule has 4 aromatic rings. The number of nitrogens with one attached hydrogen (secondary N) is 1. The van der Waals surface area contributed by atoms with Crippen molar-refractivity contribution in [1.29, 1.82) is 0 Å². The van der Waals surface area contributed by atoms with Gasteiger partial charge in [0.25, 0.3) is 5.91 Å². The number of fused-ring (bicyclic) bond motifs is 2. The molecule has 0 saturated heterocycles. The third-order valence-electron chi connectivity index (χ3n) is 5.84. The van der Waals surface area contributed by atoms with Crippen LogP contribution in [-0.2, 0) is 18.3 Å². The molecule has 3 aromatic carbocycles. The van der Waals surface area contributed by atoms with Gasteiger partial charge in [0.15, 0.2) is 0 Å². The predicted molar refractivity (Wildman–Crippen MR) is 137 cm³/mol. The van der Waals surface area contributed by atoms with Gasteiger partial charge >= 0.3 is 6.09 Å². The van der Waals surface area contributed by atoms with Gasteiger partial charge in [-0.3, -0.25) is 4.79 Å². The molecule has 6 nitrogen and oxygen atoms in total. The number of carbonyl (C=O) groups is 2. The van der Waals surface area contributed by atoms with Crippen molar-refractivity contribution < 1.29 is 14.3 Å². The zero-order valence-electron chi connectivity index (χ0n) is 20.6. The molecule has 6 heteroatoms. The number of alkyl carbamates (subject to hydrolysis) is 1. The molecule has 0 aliphatic heterocycles. The van der Waals surface area contributed by atoms with E-state index in [1.807, 2.05) is 50.6 Å². The normalized spacial score (nSPS) is 11.6. The van der Waals surface area contributed by atoms with Crippen LogP contribution in [0.4, 0.5) is 4.79 Å². The lowest BCUT2D eigenvalue weighted by atomic mass is 9.97. The first-order chi connectivity index (χ1) is 16.1. The van der Waals surface area contributed by atoms with E-state index in [4.69, 9.17) is 4.74 Å². The Labute approximate surface area is 200 Å². The molecular weight excluding hydrogens is 426 g/mol. The van der Waals surface area contributed by atoms with E-state index < -0.39 is 11.7 Å². The Balaban J connectivity index is 1.82. The minimum atomic E-state index is -0.599. The Morgan fingerprint density at radius 2 is 1.68 bits per heavy atom. The summed E-state index contributed by atoms with van der Waals surface area (Å²) in [4.78, 5) is 27.0. The van der Waals surface area contributed by atoms with Crippen LogP contribution in [0.25, 0.3) is 32.8 Å². The highest BCUT2D eigenvalue weighted by atomic mass is 16.6. The van der Waals surface area contributed by atoms with Crippen LogP contribution in [0, 0.1) is 0 Å². The lowest BCUT2D eigenvalue weighted by Gasteiger charge is -2.20. The van der Waals surface area contributed by atoms with Gasteiger partial charge in [-0.2, -0.15) is 0 Å². The summed E-state index contributed by atoms with van der Waals surface area (Å²) in [5.74, 6) is -0.107. The van der Waals surface area contributed by atoms with Gasteiger partial charge in [0.05, 0.1) is 17.8 Å². The highest BCUT2D eigenvalue weighted by Gasteiger charge is 2.24. The van der Waals surface area contributed by atoms with E-state index in [9.17, 15) is 9.59 Å². The molecule has 176 valence electrons. The van der Waals surface area contributed by atoms with Crippen molar-refractivity contribution >= 4 is 33.7 Å². The smallest absolute Gasteiger partial charge is 0.407 e. The monoisotopic (exact) mass is 457 g/mol. The van der Waals surface area contributed by atoms with Gasteiger partial charge in [-0.1, -0.05) is 54.6 Å². The second-order valence-corrected chi connectivity index (χ2v) is 9.69. The van der Waals surface area contributed by atoms with Gasteiger partial charge in [-0.05, 0) is 48.7 Å². The van der Waals surface area contributed by atoms with Crippen LogP contribution in [-0.4, -0.2) is 41.2 Å². The minimum absolute atomic E-state index is 0.107. The number of carbonyl (C=O) groups excluding carboxylic acids is 2. The zero-order valence-corrected chi connectivity index (χ0v) is 20.6. The number of nitrogens with zero attached hydrogens (tertiary/aromatic N) is 2. The lowest BCUT2D eigenvalue weighted by molar-refractivity contribution is 0.0521. The van der Waals surface area contributed by atoms with Crippen LogP contribution < -0.4 is 5.32 Å². The maximum atomic E-state index is 13.2. The van der Waals surface area contributed by atoms with E-state index in [1.54, 1.807) is 19.0 Å². The van der Waals surface area contributed by atoms with Crippen molar-refractivity contribution in [1.82, 2.24) is 14.8 Å². The number of amides is 2. The van der Waals surface area contributed by atoms with Crippen molar-refractivity contribution in [3.8, 4) is 11.1 Å². The molecule has 0 aliphatic rings. The average molecular weight is 458 g/mol. The van der Waals surface area contributed by atoms with E-state index in [0.717, 1.165) is 27.7 Å². The number of hydrogen-bond donors (Lipinski definition) is 1. The second kappa shape index (κ2) is 8.86. The van der Waals surface area contributed by atoms with Gasteiger partial charge in [-0.25, -0.2) is 4.79 Å². The molecule has 2 amide bonds. The second-order valence-electron chi connectivity index (χ2n) is 9.69. The van der Waals surface area contributed by atoms with E-state index in [1.165, 1.54) is 10.8 Å². The van der Waals surface area contributed by atoms with Crippen LogP contribution >= 0.6 is 0 Å². The minimum Gasteiger partial charge on any atom is -0.444 e. The molecule has 4 rings (SSSR count). The van der Waals surface area contributed by atoms with Crippen LogP contribution in [0.1, 0.15) is 36.8 Å². The molecule has 0 bridgehead atoms. The van der Waals surface area contributed by atoms with E-state index >= 15 is 0 Å². The van der Waals surface area contributed by atoms with Crippen molar-refractivity contribution in [3.63, 3.8) is 0 Å². The average Bonchev–Trinajstić information content (AvgIpc) is 3.06. The Kier molecular flexibility index (Phi) is 6.09. The van der Waals surface area contributed by atoms with Gasteiger partial charge in [0.1, 0.15) is 5.60 Å². The molecule has 0 aliphatic carbocycles. The fraction of sp³-hybridized carbons (Fsp3) is 0.286. The molecule has 1 aromatic heterocycles. The largest absolute Gasteiger partial charge is 0.444 e. The molecule has 0 spiro atoms. The molecule has 34 heavy (non-hydrogen) atoms. The maximum absolute atomic E-state index is 13.2. The topological polar surface area (TPSA) is 63.6 Å². The first-order valence-corrected chi connectivity index (χ1v) is 11.3. The van der Waals surface area contributed by atoms with Gasteiger partial charge in [-0.15, -0.1) is 0 Å². The standard InChI is InChI=1S/C28H31N3O3/c1-28(2,3)34-27(33)29-17-24-25(26(32)30(4)5)22-15-14-19(16-23(22)31(24)6)21-13-9-11-18-10-7-8-12-20(18)21/h7-16H,17H2,1-6H3,(H,29,33). The number of aromatic nitrogens is 1. The highest BCUT2D eigenvalue weighted by Crippen LogP contribution is 2.34. The molecule has 1 N–H and O–H groups in total. The van der Waals surface area contributed by atoms with E-state index in [0.29, 0.717) is 5.56 Å². The Bertz CT molecular complexity index is 1390. The molecule has 0 radical (unpaired) electrons. The van der Waals surface area contributed by atoms with Crippen LogP contribution in [0.15, 0.2) is 60.7 Å². The summed E-state index contributed by atoms with van der Waals surface area (Å²) < 4.78 is 7.37. The molecule has 1 heterocycles. The summed E-state index contributed by atoms with van der Waals surface area (Å²) in [5.41, 5.74) is 3.85. The molecule has 0 unspecified atom stereocenters. The lowest BCUT2D eigenvalue weighted by Crippen LogP contribution is -2.33. The number of hydrogen-bond acceptors (Lipinski definition) is 3. The molecule has 0 saturated carbocycles. The number of ether oxygens (including phenoxy) is 1. The predicted octanol–water partition coefficient (Wildman–Crippen LogP) is 5.73. The third kappa shape index (κ3) is 4.49. The fourth-order valence-electron chi connectivity index (χ4n) is 4.27. The first kappa shape index (κ1) is 23.4. The molecule has 0 fully saturated rings. The fourth-order valence-corrected chi connectivity index (χ4v) is 4.27. The van der Waals surface area contributed by atoms with E-state index in [2.05, 4.69) is 47.8 Å². The Hall–Kier alpha value is -3.80. The highest BCUT2D eigenvalue weighted by molar-refractivity contribution is 6.09. The van der Waals surface area contributed by atoms with Crippen LogP contribution in [0.2, 0.25) is 0 Å². The first-order valence-electron chi connectivity index (χ1n) is 11.3. The summed E-state index contributed by atoms with van der Waals surface area (Å²) in [7, 11) is 5.39. The Morgan fingerprint density at radius 1 is 0.971 bits per heavy atom. The van der Waals surface area contributed by atoms with E-state index in [-0.39, 0.29) is 12.5 Å². The van der Waals surface area contributed by atoms with Gasteiger partial charge in [0.2, 0.25) is 0 Å². The summed E-state index contributed by atoms with van der Waals surface area (Å²) in [6.07, 6.45) is -0.516. The number of rotatable bonds is 4. The summed E-state index contributed by atoms with van der Waals surface area (Å²) in [6.45, 7) is 5.64. The number of aryl methyl sites for hydroxylation is 1. The van der Waals surface area contributed by atoms with Crippen molar-refractivity contribution in [3.05, 3.63) is 71.9 Å². The quantitative estimate of drug-likeness (QED) is 0.426. The van der Waals surface area contributed by atoms with Crippen molar-refractivity contribution in [2.45, 2.75) is 32.9 Å². The van der Waals surface area contributed by atoms with Gasteiger partial charge < -0.3 is 19.5 Å². The maximum Gasteiger partial charge on any atom is 0.407 e. The van der Waals surface area contributed by atoms with Crippen molar-refractivity contribution in [2.24, 2.45) is 7.05 Å². The molecule has 0 atom stereocenters.